The van der Waals surface area contributed by atoms with Crippen molar-refractivity contribution >= 4 is 22.7 Å². The SMILES string of the molecule is CNC(C)C(=O)Nc1ccc2oc(C(C)C)nc2c1. The van der Waals surface area contributed by atoms with E-state index in [4.69, 9.17) is 4.42 Å². The molecule has 0 saturated heterocycles. The third-order valence-electron chi connectivity index (χ3n) is 2.99. The number of aromatic nitrogens is 1. The van der Waals surface area contributed by atoms with Crippen LogP contribution in [0.2, 0.25) is 0 Å². The minimum absolute atomic E-state index is 0.0746. The van der Waals surface area contributed by atoms with Gasteiger partial charge in [0.1, 0.15) is 5.52 Å². The molecule has 2 rings (SSSR count). The van der Waals surface area contributed by atoms with E-state index in [0.29, 0.717) is 5.89 Å². The van der Waals surface area contributed by atoms with Crippen LogP contribution < -0.4 is 10.6 Å². The maximum atomic E-state index is 11.8. The molecule has 2 N–H and O–H groups in total. The number of benzene rings is 1. The summed E-state index contributed by atoms with van der Waals surface area (Å²) < 4.78 is 5.62. The highest BCUT2D eigenvalue weighted by Crippen LogP contribution is 2.23. The molecule has 5 nitrogen and oxygen atoms in total. The Morgan fingerprint density at radius 1 is 1.32 bits per heavy atom. The van der Waals surface area contributed by atoms with Crippen molar-refractivity contribution in [3.63, 3.8) is 0 Å². The van der Waals surface area contributed by atoms with Gasteiger partial charge in [-0.3, -0.25) is 4.79 Å². The largest absolute Gasteiger partial charge is 0.440 e. The summed E-state index contributed by atoms with van der Waals surface area (Å²) in [7, 11) is 1.75. The molecule has 5 heteroatoms. The first-order valence-electron chi connectivity index (χ1n) is 6.40. The molecule has 102 valence electrons. The zero-order valence-electron chi connectivity index (χ0n) is 11.7. The summed E-state index contributed by atoms with van der Waals surface area (Å²) in [5.74, 6) is 0.881. The fourth-order valence-electron chi connectivity index (χ4n) is 1.65. The number of oxazole rings is 1. The number of hydrogen-bond acceptors (Lipinski definition) is 4. The van der Waals surface area contributed by atoms with Crippen molar-refractivity contribution in [3.05, 3.63) is 24.1 Å². The number of carbonyl (C=O) groups excluding carboxylic acids is 1. The number of nitrogens with zero attached hydrogens (tertiary/aromatic N) is 1. The monoisotopic (exact) mass is 261 g/mol. The van der Waals surface area contributed by atoms with Gasteiger partial charge in [0, 0.05) is 11.6 Å². The molecule has 0 aliphatic carbocycles. The van der Waals surface area contributed by atoms with Gasteiger partial charge < -0.3 is 15.1 Å². The minimum Gasteiger partial charge on any atom is -0.440 e. The summed E-state index contributed by atoms with van der Waals surface area (Å²) in [6, 6.07) is 5.23. The Morgan fingerprint density at radius 2 is 2.05 bits per heavy atom. The number of hydrogen-bond donors (Lipinski definition) is 2. The van der Waals surface area contributed by atoms with Crippen molar-refractivity contribution in [2.75, 3.05) is 12.4 Å². The van der Waals surface area contributed by atoms with Crippen LogP contribution in [0.3, 0.4) is 0 Å². The number of rotatable bonds is 4. The second kappa shape index (κ2) is 5.40. The van der Waals surface area contributed by atoms with Gasteiger partial charge in [-0.2, -0.15) is 0 Å². The first-order valence-corrected chi connectivity index (χ1v) is 6.40. The van der Waals surface area contributed by atoms with Gasteiger partial charge in [-0.1, -0.05) is 13.8 Å². The number of anilines is 1. The summed E-state index contributed by atoms with van der Waals surface area (Å²) in [5, 5.41) is 5.74. The number of fused-ring (bicyclic) bond motifs is 1. The zero-order chi connectivity index (χ0) is 14.0. The average molecular weight is 261 g/mol. The number of likely N-dealkylation sites (N-methyl/N-ethyl adjacent to an activating group) is 1. The van der Waals surface area contributed by atoms with Crippen molar-refractivity contribution in [2.45, 2.75) is 32.7 Å². The Balaban J connectivity index is 2.24. The van der Waals surface area contributed by atoms with Gasteiger partial charge in [-0.05, 0) is 32.2 Å². The summed E-state index contributed by atoms with van der Waals surface area (Å²) in [5.41, 5.74) is 2.23. The summed E-state index contributed by atoms with van der Waals surface area (Å²) in [6.07, 6.45) is 0. The molecule has 1 aromatic carbocycles. The molecular formula is C14H19N3O2. The van der Waals surface area contributed by atoms with Crippen LogP contribution in [0.25, 0.3) is 11.1 Å². The lowest BCUT2D eigenvalue weighted by atomic mass is 10.2. The third kappa shape index (κ3) is 2.93. The zero-order valence-corrected chi connectivity index (χ0v) is 11.7. The molecule has 0 aliphatic rings. The van der Waals surface area contributed by atoms with Gasteiger partial charge in [0.25, 0.3) is 0 Å². The van der Waals surface area contributed by atoms with Crippen LogP contribution >= 0.6 is 0 Å². The van der Waals surface area contributed by atoms with Crippen molar-refractivity contribution in [2.24, 2.45) is 0 Å². The number of carbonyl (C=O) groups is 1. The highest BCUT2D eigenvalue weighted by molar-refractivity contribution is 5.96. The molecular weight excluding hydrogens is 242 g/mol. The first-order chi connectivity index (χ1) is 9.01. The van der Waals surface area contributed by atoms with Crippen LogP contribution in [0.4, 0.5) is 5.69 Å². The highest BCUT2D eigenvalue weighted by Gasteiger charge is 2.13. The van der Waals surface area contributed by atoms with Crippen molar-refractivity contribution in [1.29, 1.82) is 0 Å². The Labute approximate surface area is 112 Å². The van der Waals surface area contributed by atoms with Crippen molar-refractivity contribution in [1.82, 2.24) is 10.3 Å². The predicted octanol–water partition coefficient (Wildman–Crippen LogP) is 2.50. The van der Waals surface area contributed by atoms with Gasteiger partial charge in [0.2, 0.25) is 5.91 Å². The van der Waals surface area contributed by atoms with Crippen LogP contribution in [0, 0.1) is 0 Å². The fraction of sp³-hybridized carbons (Fsp3) is 0.429. The molecule has 0 bridgehead atoms. The van der Waals surface area contributed by atoms with Crippen molar-refractivity contribution in [3.8, 4) is 0 Å². The van der Waals surface area contributed by atoms with E-state index in [1.165, 1.54) is 0 Å². The molecule has 1 amide bonds. The van der Waals surface area contributed by atoms with Crippen LogP contribution in [0.1, 0.15) is 32.6 Å². The molecule has 1 atom stereocenters. The lowest BCUT2D eigenvalue weighted by Gasteiger charge is -2.10. The van der Waals surface area contributed by atoms with E-state index in [0.717, 1.165) is 16.8 Å². The maximum absolute atomic E-state index is 11.8. The fourth-order valence-corrected chi connectivity index (χ4v) is 1.65. The Morgan fingerprint density at radius 3 is 2.68 bits per heavy atom. The number of nitrogens with one attached hydrogen (secondary N) is 2. The Bertz CT molecular complexity index is 589. The van der Waals surface area contributed by atoms with E-state index in [-0.39, 0.29) is 17.9 Å². The smallest absolute Gasteiger partial charge is 0.241 e. The summed E-state index contributed by atoms with van der Waals surface area (Å²) in [6.45, 7) is 5.87. The predicted molar refractivity (Wildman–Crippen MR) is 75.2 cm³/mol. The van der Waals surface area contributed by atoms with Gasteiger partial charge >= 0.3 is 0 Å². The molecule has 0 spiro atoms. The summed E-state index contributed by atoms with van der Waals surface area (Å²) in [4.78, 5) is 16.2. The minimum atomic E-state index is -0.237. The van der Waals surface area contributed by atoms with Crippen molar-refractivity contribution < 1.29 is 9.21 Å². The average Bonchev–Trinajstić information content (AvgIpc) is 2.81. The Kier molecular flexibility index (Phi) is 3.85. The Hall–Kier alpha value is -1.88. The molecule has 1 heterocycles. The molecule has 1 unspecified atom stereocenters. The second-order valence-corrected chi connectivity index (χ2v) is 4.89. The molecule has 0 radical (unpaired) electrons. The second-order valence-electron chi connectivity index (χ2n) is 4.89. The van der Waals surface area contributed by atoms with E-state index in [1.54, 1.807) is 14.0 Å². The van der Waals surface area contributed by atoms with Crippen LogP contribution in [0.15, 0.2) is 22.6 Å². The molecule has 19 heavy (non-hydrogen) atoms. The molecule has 2 aromatic rings. The van der Waals surface area contributed by atoms with Gasteiger partial charge in [-0.15, -0.1) is 0 Å². The van der Waals surface area contributed by atoms with Crippen LogP contribution in [-0.2, 0) is 4.79 Å². The quantitative estimate of drug-likeness (QED) is 0.887. The maximum Gasteiger partial charge on any atom is 0.241 e. The molecule has 0 aliphatic heterocycles. The lowest BCUT2D eigenvalue weighted by molar-refractivity contribution is -0.117. The van der Waals surface area contributed by atoms with Gasteiger partial charge in [0.05, 0.1) is 6.04 Å². The molecule has 1 aromatic heterocycles. The first kappa shape index (κ1) is 13.5. The number of amides is 1. The topological polar surface area (TPSA) is 67.2 Å². The normalized spacial score (nSPS) is 12.9. The summed E-state index contributed by atoms with van der Waals surface area (Å²) >= 11 is 0. The standard InChI is InChI=1S/C14H19N3O2/c1-8(2)14-17-11-7-10(5-6-12(11)19-14)16-13(18)9(3)15-4/h5-9,15H,1-4H3,(H,16,18). The van der Waals surface area contributed by atoms with E-state index in [2.05, 4.69) is 15.6 Å². The van der Waals surface area contributed by atoms with Gasteiger partial charge in [0.15, 0.2) is 11.5 Å². The van der Waals surface area contributed by atoms with E-state index in [1.807, 2.05) is 32.0 Å². The van der Waals surface area contributed by atoms with Gasteiger partial charge in [-0.25, -0.2) is 4.98 Å². The highest BCUT2D eigenvalue weighted by atomic mass is 16.3. The van der Waals surface area contributed by atoms with E-state index < -0.39 is 0 Å². The third-order valence-corrected chi connectivity index (χ3v) is 2.99. The molecule has 0 fully saturated rings. The van der Waals surface area contributed by atoms with Crippen LogP contribution in [0.5, 0.6) is 0 Å². The van der Waals surface area contributed by atoms with Crippen LogP contribution in [-0.4, -0.2) is 24.0 Å². The van der Waals surface area contributed by atoms with E-state index in [9.17, 15) is 4.79 Å². The molecule has 0 saturated carbocycles. The van der Waals surface area contributed by atoms with E-state index >= 15 is 0 Å². The lowest BCUT2D eigenvalue weighted by Crippen LogP contribution is -2.35.